The Morgan fingerprint density at radius 2 is 2.35 bits per heavy atom. The van der Waals surface area contributed by atoms with Crippen LogP contribution in [0.15, 0.2) is 18.2 Å². The summed E-state index contributed by atoms with van der Waals surface area (Å²) in [5, 5.41) is 0.0650. The van der Waals surface area contributed by atoms with Gasteiger partial charge in [-0.1, -0.05) is 17.7 Å². The van der Waals surface area contributed by atoms with E-state index in [0.29, 0.717) is 13.0 Å². The van der Waals surface area contributed by atoms with Crippen LogP contribution in [-0.2, 0) is 16.0 Å². The molecule has 0 aliphatic carbocycles. The number of hydrogen-bond donors (Lipinski definition) is 0. The van der Waals surface area contributed by atoms with E-state index < -0.39 is 5.82 Å². The Morgan fingerprint density at radius 1 is 1.53 bits per heavy atom. The van der Waals surface area contributed by atoms with E-state index in [2.05, 4.69) is 0 Å². The molecule has 2 rings (SSSR count). The highest BCUT2D eigenvalue weighted by Crippen LogP contribution is 2.20. The van der Waals surface area contributed by atoms with Crippen LogP contribution in [0.25, 0.3) is 0 Å². The quantitative estimate of drug-likeness (QED) is 0.831. The second kappa shape index (κ2) is 5.61. The summed E-state index contributed by atoms with van der Waals surface area (Å²) < 4.78 is 18.2. The number of halogens is 2. The Morgan fingerprint density at radius 3 is 3.00 bits per heavy atom. The molecule has 17 heavy (non-hydrogen) atoms. The predicted molar refractivity (Wildman–Crippen MR) is 63.7 cm³/mol. The van der Waals surface area contributed by atoms with Crippen LogP contribution in [0.2, 0.25) is 5.02 Å². The van der Waals surface area contributed by atoms with Gasteiger partial charge in [0.05, 0.1) is 11.6 Å². The van der Waals surface area contributed by atoms with Crippen LogP contribution < -0.4 is 0 Å². The van der Waals surface area contributed by atoms with Crippen LogP contribution in [0, 0.1) is 11.7 Å². The molecular formula is C13H14ClFO2. The summed E-state index contributed by atoms with van der Waals surface area (Å²) in [5.41, 5.74) is 0.756. The number of hydrogen-bond acceptors (Lipinski definition) is 2. The van der Waals surface area contributed by atoms with Crippen molar-refractivity contribution >= 4 is 17.4 Å². The third-order valence-electron chi connectivity index (χ3n) is 2.98. The molecule has 0 amide bonds. The van der Waals surface area contributed by atoms with E-state index in [9.17, 15) is 9.18 Å². The van der Waals surface area contributed by atoms with Crippen molar-refractivity contribution in [1.82, 2.24) is 0 Å². The van der Waals surface area contributed by atoms with E-state index in [-0.39, 0.29) is 16.7 Å². The number of carbonyl (C=O) groups excluding carboxylic acids is 1. The first kappa shape index (κ1) is 12.5. The fourth-order valence-corrected chi connectivity index (χ4v) is 2.19. The minimum Gasteiger partial charge on any atom is -0.381 e. The molecule has 0 N–H and O–H groups in total. The predicted octanol–water partition coefficient (Wildman–Crippen LogP) is 3.02. The van der Waals surface area contributed by atoms with Crippen molar-refractivity contribution in [3.05, 3.63) is 34.6 Å². The van der Waals surface area contributed by atoms with Gasteiger partial charge in [-0.15, -0.1) is 0 Å². The fraction of sp³-hybridized carbons (Fsp3) is 0.462. The van der Waals surface area contributed by atoms with Crippen molar-refractivity contribution in [3.8, 4) is 0 Å². The maximum Gasteiger partial charge on any atom is 0.142 e. The molecule has 0 radical (unpaired) electrons. The first-order chi connectivity index (χ1) is 8.16. The molecule has 2 nitrogen and oxygen atoms in total. The molecule has 0 saturated carbocycles. The molecule has 1 aromatic rings. The zero-order valence-electron chi connectivity index (χ0n) is 9.42. The van der Waals surface area contributed by atoms with E-state index in [1.54, 1.807) is 6.07 Å². The van der Waals surface area contributed by atoms with E-state index in [1.165, 1.54) is 12.1 Å². The summed E-state index contributed by atoms with van der Waals surface area (Å²) in [4.78, 5) is 11.9. The lowest BCUT2D eigenvalue weighted by Gasteiger charge is -2.20. The van der Waals surface area contributed by atoms with Crippen molar-refractivity contribution in [2.24, 2.45) is 5.92 Å². The van der Waals surface area contributed by atoms with Gasteiger partial charge in [-0.3, -0.25) is 4.79 Å². The lowest BCUT2D eigenvalue weighted by Crippen LogP contribution is -2.26. The summed E-state index contributed by atoms with van der Waals surface area (Å²) in [6, 6.07) is 4.41. The maximum absolute atomic E-state index is 13.0. The van der Waals surface area contributed by atoms with Crippen molar-refractivity contribution in [1.29, 1.82) is 0 Å². The molecule has 1 unspecified atom stereocenters. The van der Waals surface area contributed by atoms with Gasteiger partial charge >= 0.3 is 0 Å². The van der Waals surface area contributed by atoms with Gasteiger partial charge in [-0.05, 0) is 30.5 Å². The highest BCUT2D eigenvalue weighted by atomic mass is 35.5. The van der Waals surface area contributed by atoms with Crippen LogP contribution in [0.1, 0.15) is 18.4 Å². The van der Waals surface area contributed by atoms with Crippen molar-refractivity contribution < 1.29 is 13.9 Å². The summed E-state index contributed by atoms with van der Waals surface area (Å²) in [6.07, 6.45) is 2.11. The molecule has 1 saturated heterocycles. The minimum absolute atomic E-state index is 0.0208. The largest absolute Gasteiger partial charge is 0.381 e. The SMILES string of the molecule is O=C(Cc1ccc(F)c(Cl)c1)C1CCCOC1. The van der Waals surface area contributed by atoms with E-state index in [0.717, 1.165) is 25.0 Å². The maximum atomic E-state index is 13.0. The second-order valence-electron chi connectivity index (χ2n) is 4.31. The van der Waals surface area contributed by atoms with Gasteiger partial charge in [0.2, 0.25) is 0 Å². The topological polar surface area (TPSA) is 26.3 Å². The monoisotopic (exact) mass is 256 g/mol. The van der Waals surface area contributed by atoms with Gasteiger partial charge in [0.15, 0.2) is 0 Å². The van der Waals surface area contributed by atoms with Gasteiger partial charge < -0.3 is 4.74 Å². The molecule has 1 aliphatic heterocycles. The third-order valence-corrected chi connectivity index (χ3v) is 3.27. The number of rotatable bonds is 3. The first-order valence-electron chi connectivity index (χ1n) is 5.71. The molecule has 1 aliphatic rings. The minimum atomic E-state index is -0.455. The molecule has 1 aromatic carbocycles. The second-order valence-corrected chi connectivity index (χ2v) is 4.71. The fourth-order valence-electron chi connectivity index (χ4n) is 1.99. The van der Waals surface area contributed by atoms with Crippen LogP contribution >= 0.6 is 11.6 Å². The van der Waals surface area contributed by atoms with Crippen LogP contribution in [0.5, 0.6) is 0 Å². The average Bonchev–Trinajstić information content (AvgIpc) is 2.35. The molecule has 0 bridgehead atoms. The highest BCUT2D eigenvalue weighted by molar-refractivity contribution is 6.30. The summed E-state index contributed by atoms with van der Waals surface area (Å²) >= 11 is 5.67. The Hall–Kier alpha value is -0.930. The molecular weight excluding hydrogens is 243 g/mol. The summed E-state index contributed by atoms with van der Waals surface area (Å²) in [7, 11) is 0. The lowest BCUT2D eigenvalue weighted by molar-refractivity contribution is -0.126. The molecule has 92 valence electrons. The number of ether oxygens (including phenoxy) is 1. The number of carbonyl (C=O) groups is 1. The Kier molecular flexibility index (Phi) is 4.13. The molecule has 4 heteroatoms. The van der Waals surface area contributed by atoms with Crippen molar-refractivity contribution in [2.45, 2.75) is 19.3 Å². The molecule has 0 spiro atoms. The van der Waals surface area contributed by atoms with Gasteiger partial charge in [0, 0.05) is 18.9 Å². The van der Waals surface area contributed by atoms with Crippen molar-refractivity contribution in [3.63, 3.8) is 0 Å². The van der Waals surface area contributed by atoms with Gasteiger partial charge in [0.25, 0.3) is 0 Å². The number of Topliss-reactive ketones (excluding diaryl/α,β-unsaturated/α-hetero) is 1. The Labute approximate surface area is 105 Å². The molecule has 1 heterocycles. The van der Waals surface area contributed by atoms with Gasteiger partial charge in [-0.2, -0.15) is 0 Å². The average molecular weight is 257 g/mol. The van der Waals surface area contributed by atoms with E-state index in [1.807, 2.05) is 0 Å². The zero-order valence-corrected chi connectivity index (χ0v) is 10.2. The number of benzene rings is 1. The van der Waals surface area contributed by atoms with Crippen LogP contribution in [0.3, 0.4) is 0 Å². The van der Waals surface area contributed by atoms with Gasteiger partial charge in [0.1, 0.15) is 11.6 Å². The van der Waals surface area contributed by atoms with Crippen LogP contribution in [-0.4, -0.2) is 19.0 Å². The summed E-state index contributed by atoms with van der Waals surface area (Å²) in [5.74, 6) is -0.330. The van der Waals surface area contributed by atoms with E-state index in [4.69, 9.17) is 16.3 Å². The highest BCUT2D eigenvalue weighted by Gasteiger charge is 2.21. The molecule has 1 atom stereocenters. The lowest BCUT2D eigenvalue weighted by atomic mass is 9.93. The molecule has 1 fully saturated rings. The van der Waals surface area contributed by atoms with Gasteiger partial charge in [-0.25, -0.2) is 4.39 Å². The van der Waals surface area contributed by atoms with E-state index >= 15 is 0 Å². The van der Waals surface area contributed by atoms with Crippen molar-refractivity contribution in [2.75, 3.05) is 13.2 Å². The standard InChI is InChI=1S/C13H14ClFO2/c14-11-6-9(3-4-12(11)15)7-13(16)10-2-1-5-17-8-10/h3-4,6,10H,1-2,5,7-8H2. The molecule has 0 aromatic heterocycles. The van der Waals surface area contributed by atoms with Crippen LogP contribution in [0.4, 0.5) is 4.39 Å². The normalized spacial score (nSPS) is 20.2. The smallest absolute Gasteiger partial charge is 0.142 e. The summed E-state index contributed by atoms with van der Waals surface area (Å²) in [6.45, 7) is 1.25. The Balaban J connectivity index is 1.99. The zero-order chi connectivity index (χ0) is 12.3. The third kappa shape index (κ3) is 3.27. The number of ketones is 1. The Bertz CT molecular complexity index is 414. The first-order valence-corrected chi connectivity index (χ1v) is 6.09.